The molecule has 0 spiro atoms. The fourth-order valence-electron chi connectivity index (χ4n) is 2.05. The maximum atomic E-state index is 12.2. The molecule has 0 atom stereocenters. The highest BCUT2D eigenvalue weighted by atomic mass is 32.2. The van der Waals surface area contributed by atoms with Gasteiger partial charge in [0.05, 0.1) is 6.61 Å². The lowest BCUT2D eigenvalue weighted by molar-refractivity contribution is 0.104. The van der Waals surface area contributed by atoms with E-state index < -0.39 is 0 Å². The first kappa shape index (κ1) is 17.4. The van der Waals surface area contributed by atoms with Crippen molar-refractivity contribution in [3.05, 3.63) is 65.7 Å². The summed E-state index contributed by atoms with van der Waals surface area (Å²) in [5.41, 5.74) is 1.70. The van der Waals surface area contributed by atoms with E-state index in [0.29, 0.717) is 12.2 Å². The van der Waals surface area contributed by atoms with Crippen LogP contribution in [0, 0.1) is 0 Å². The van der Waals surface area contributed by atoms with Crippen molar-refractivity contribution in [2.75, 3.05) is 12.4 Å². The van der Waals surface area contributed by atoms with Gasteiger partial charge in [0, 0.05) is 10.5 Å². The lowest BCUT2D eigenvalue weighted by Crippen LogP contribution is -1.94. The molecule has 2 nitrogen and oxygen atoms in total. The quantitative estimate of drug-likeness (QED) is 0.365. The molecule has 0 saturated carbocycles. The molecule has 0 aromatic heterocycles. The number of benzene rings is 2. The Morgan fingerprint density at radius 1 is 1.04 bits per heavy atom. The summed E-state index contributed by atoms with van der Waals surface area (Å²) in [6.45, 7) is 4.77. The Hall–Kier alpha value is -2.00. The molecule has 3 heteroatoms. The van der Waals surface area contributed by atoms with E-state index >= 15 is 0 Å². The topological polar surface area (TPSA) is 26.3 Å². The van der Waals surface area contributed by atoms with Gasteiger partial charge in [-0.3, -0.25) is 4.79 Å². The van der Waals surface area contributed by atoms with Crippen LogP contribution < -0.4 is 4.74 Å². The Kier molecular flexibility index (Phi) is 6.95. The molecule has 0 amide bonds. The van der Waals surface area contributed by atoms with E-state index in [2.05, 4.69) is 6.92 Å². The predicted octanol–water partition coefficient (Wildman–Crippen LogP) is 5.48. The van der Waals surface area contributed by atoms with Gasteiger partial charge < -0.3 is 4.74 Å². The van der Waals surface area contributed by atoms with Gasteiger partial charge in [0.25, 0.3) is 0 Å². The molecule has 2 aromatic carbocycles. The van der Waals surface area contributed by atoms with E-state index in [9.17, 15) is 4.79 Å². The molecule has 120 valence electrons. The van der Waals surface area contributed by atoms with Gasteiger partial charge in [-0.15, -0.1) is 11.8 Å². The molecule has 0 aliphatic heterocycles. The minimum Gasteiger partial charge on any atom is -0.494 e. The Labute approximate surface area is 142 Å². The van der Waals surface area contributed by atoms with Crippen molar-refractivity contribution in [3.8, 4) is 5.75 Å². The summed E-state index contributed by atoms with van der Waals surface area (Å²) in [5.74, 6) is 1.97. The smallest absolute Gasteiger partial charge is 0.185 e. The number of hydrogen-bond acceptors (Lipinski definition) is 3. The monoisotopic (exact) mass is 326 g/mol. The summed E-state index contributed by atoms with van der Waals surface area (Å²) < 4.78 is 5.40. The van der Waals surface area contributed by atoms with Crippen molar-refractivity contribution in [1.29, 1.82) is 0 Å². The van der Waals surface area contributed by atoms with Gasteiger partial charge in [0.2, 0.25) is 0 Å². The average Bonchev–Trinajstić information content (AvgIpc) is 2.60. The first-order valence-electron chi connectivity index (χ1n) is 7.91. The Morgan fingerprint density at radius 3 is 2.35 bits per heavy atom. The number of ketones is 1. The number of thioether (sulfide) groups is 1. The normalized spacial score (nSPS) is 10.9. The van der Waals surface area contributed by atoms with Crippen LogP contribution in [-0.4, -0.2) is 18.1 Å². The van der Waals surface area contributed by atoms with Gasteiger partial charge in [0.15, 0.2) is 5.78 Å². The Balaban J connectivity index is 1.97. The molecule has 0 radical (unpaired) electrons. The van der Waals surface area contributed by atoms with E-state index in [4.69, 9.17) is 4.74 Å². The second kappa shape index (κ2) is 9.21. The first-order valence-corrected chi connectivity index (χ1v) is 8.89. The van der Waals surface area contributed by atoms with E-state index in [-0.39, 0.29) is 5.78 Å². The summed E-state index contributed by atoms with van der Waals surface area (Å²) in [5, 5.41) is 0. The molecule has 0 fully saturated rings. The minimum absolute atomic E-state index is 0.0194. The average molecular weight is 326 g/mol. The number of rotatable bonds is 8. The fourth-order valence-corrected chi connectivity index (χ4v) is 2.81. The van der Waals surface area contributed by atoms with E-state index in [1.54, 1.807) is 6.08 Å². The van der Waals surface area contributed by atoms with Crippen molar-refractivity contribution in [2.45, 2.75) is 25.2 Å². The third kappa shape index (κ3) is 5.61. The van der Waals surface area contributed by atoms with E-state index in [1.165, 1.54) is 4.90 Å². The van der Waals surface area contributed by atoms with Gasteiger partial charge >= 0.3 is 0 Å². The lowest BCUT2D eigenvalue weighted by Gasteiger charge is -2.02. The largest absolute Gasteiger partial charge is 0.494 e. The summed E-state index contributed by atoms with van der Waals surface area (Å²) in [7, 11) is 0. The highest BCUT2D eigenvalue weighted by Gasteiger charge is 2.02. The standard InChI is InChI=1S/C20H22O2S/c1-3-15-23-19-12-8-17(9-13-19)20(21)14-7-16-5-10-18(11-6-16)22-4-2/h5-14H,3-4,15H2,1-2H3. The maximum absolute atomic E-state index is 12.2. The van der Waals surface area contributed by atoms with Crippen molar-refractivity contribution in [1.82, 2.24) is 0 Å². The van der Waals surface area contributed by atoms with Gasteiger partial charge in [-0.25, -0.2) is 0 Å². The number of hydrogen-bond donors (Lipinski definition) is 0. The van der Waals surface area contributed by atoms with Crippen LogP contribution in [0.2, 0.25) is 0 Å². The van der Waals surface area contributed by atoms with Crippen LogP contribution in [0.1, 0.15) is 36.2 Å². The number of carbonyl (C=O) groups excluding carboxylic acids is 1. The lowest BCUT2D eigenvalue weighted by atomic mass is 10.1. The zero-order valence-corrected chi connectivity index (χ0v) is 14.4. The second-order valence-corrected chi connectivity index (χ2v) is 6.24. The van der Waals surface area contributed by atoms with Crippen LogP contribution in [-0.2, 0) is 0 Å². The van der Waals surface area contributed by atoms with Crippen LogP contribution in [0.4, 0.5) is 0 Å². The highest BCUT2D eigenvalue weighted by Crippen LogP contribution is 2.19. The second-order valence-electron chi connectivity index (χ2n) is 5.07. The van der Waals surface area contributed by atoms with Crippen LogP contribution in [0.15, 0.2) is 59.5 Å². The van der Waals surface area contributed by atoms with Crippen molar-refractivity contribution >= 4 is 23.6 Å². The van der Waals surface area contributed by atoms with Gasteiger partial charge in [-0.05, 0) is 67.1 Å². The number of carbonyl (C=O) groups is 1. The van der Waals surface area contributed by atoms with Crippen LogP contribution >= 0.6 is 11.8 Å². The van der Waals surface area contributed by atoms with Gasteiger partial charge in [-0.2, -0.15) is 0 Å². The zero-order chi connectivity index (χ0) is 16.5. The summed E-state index contributed by atoms with van der Waals surface area (Å²) in [6, 6.07) is 15.5. The SMILES string of the molecule is CCCSc1ccc(C(=O)C=Cc2ccc(OCC)cc2)cc1. The minimum atomic E-state index is 0.0194. The molecule has 2 aromatic rings. The molecule has 0 aliphatic carbocycles. The summed E-state index contributed by atoms with van der Waals surface area (Å²) >= 11 is 1.82. The molecule has 0 unspecified atom stereocenters. The molecule has 2 rings (SSSR count). The summed E-state index contributed by atoms with van der Waals surface area (Å²) in [4.78, 5) is 13.4. The molecule has 0 heterocycles. The van der Waals surface area contributed by atoms with Gasteiger partial charge in [0.1, 0.15) is 5.75 Å². The van der Waals surface area contributed by atoms with Crippen molar-refractivity contribution in [3.63, 3.8) is 0 Å². The zero-order valence-electron chi connectivity index (χ0n) is 13.6. The predicted molar refractivity (Wildman–Crippen MR) is 98.4 cm³/mol. The van der Waals surface area contributed by atoms with Crippen LogP contribution in [0.25, 0.3) is 6.08 Å². The van der Waals surface area contributed by atoms with Crippen molar-refractivity contribution in [2.24, 2.45) is 0 Å². The third-order valence-electron chi connectivity index (χ3n) is 3.23. The molecule has 0 N–H and O–H groups in total. The maximum Gasteiger partial charge on any atom is 0.185 e. The number of allylic oxidation sites excluding steroid dienone is 1. The highest BCUT2D eigenvalue weighted by molar-refractivity contribution is 7.99. The molecule has 23 heavy (non-hydrogen) atoms. The first-order chi connectivity index (χ1) is 11.2. The Bertz CT molecular complexity index is 642. The third-order valence-corrected chi connectivity index (χ3v) is 4.45. The van der Waals surface area contributed by atoms with Gasteiger partial charge in [-0.1, -0.05) is 25.1 Å². The molecular weight excluding hydrogens is 304 g/mol. The van der Waals surface area contributed by atoms with Crippen molar-refractivity contribution < 1.29 is 9.53 Å². The molecule has 0 bridgehead atoms. The molecular formula is C20H22O2S. The molecule has 0 aliphatic rings. The Morgan fingerprint density at radius 2 is 1.74 bits per heavy atom. The summed E-state index contributed by atoms with van der Waals surface area (Å²) in [6.07, 6.45) is 4.60. The van der Waals surface area contributed by atoms with E-state index in [1.807, 2.05) is 73.3 Å². The van der Waals surface area contributed by atoms with E-state index in [0.717, 1.165) is 23.5 Å². The number of ether oxygens (including phenoxy) is 1. The fraction of sp³-hybridized carbons (Fsp3) is 0.250. The molecule has 0 saturated heterocycles. The van der Waals surface area contributed by atoms with Crippen LogP contribution in [0.5, 0.6) is 5.75 Å². The van der Waals surface area contributed by atoms with Crippen LogP contribution in [0.3, 0.4) is 0 Å².